The Bertz CT molecular complexity index is 659. The van der Waals surface area contributed by atoms with Gasteiger partial charge in [-0.05, 0) is 38.7 Å². The molecule has 1 amide bonds. The summed E-state index contributed by atoms with van der Waals surface area (Å²) in [6, 6.07) is 10.7. The predicted octanol–water partition coefficient (Wildman–Crippen LogP) is 4.37. The van der Waals surface area contributed by atoms with Gasteiger partial charge in [-0.25, -0.2) is 0 Å². The summed E-state index contributed by atoms with van der Waals surface area (Å²) in [6.45, 7) is 4.72. The highest BCUT2D eigenvalue weighted by atomic mass is 16.5. The standard InChI is InChI=1S/C20H26N2O2/c1-15-18(16(2)24-21-15)12-13-20(23)22-14-8-4-7-11-19(22)17-9-5-3-6-10-17/h3,5-6,9-10,19H,4,7-8,11-14H2,1-2H3. The van der Waals surface area contributed by atoms with Crippen LogP contribution in [0.15, 0.2) is 34.9 Å². The lowest BCUT2D eigenvalue weighted by Crippen LogP contribution is -2.35. The number of carbonyl (C=O) groups is 1. The molecule has 1 saturated heterocycles. The normalized spacial score (nSPS) is 18.4. The number of aryl methyl sites for hydroxylation is 2. The Morgan fingerprint density at radius 2 is 2.00 bits per heavy atom. The van der Waals surface area contributed by atoms with Gasteiger partial charge in [0.15, 0.2) is 0 Å². The molecule has 24 heavy (non-hydrogen) atoms. The Morgan fingerprint density at radius 3 is 2.71 bits per heavy atom. The lowest BCUT2D eigenvalue weighted by molar-refractivity contribution is -0.133. The number of amides is 1. The maximum Gasteiger partial charge on any atom is 0.223 e. The van der Waals surface area contributed by atoms with Gasteiger partial charge in [0.05, 0.1) is 11.7 Å². The van der Waals surface area contributed by atoms with Crippen molar-refractivity contribution in [3.63, 3.8) is 0 Å². The number of benzene rings is 1. The minimum absolute atomic E-state index is 0.214. The Hall–Kier alpha value is -2.10. The molecular weight excluding hydrogens is 300 g/mol. The van der Waals surface area contributed by atoms with E-state index in [9.17, 15) is 4.79 Å². The Morgan fingerprint density at radius 1 is 1.21 bits per heavy atom. The maximum atomic E-state index is 12.9. The smallest absolute Gasteiger partial charge is 0.223 e. The Labute approximate surface area is 143 Å². The van der Waals surface area contributed by atoms with E-state index in [4.69, 9.17) is 4.52 Å². The zero-order valence-electron chi connectivity index (χ0n) is 14.6. The van der Waals surface area contributed by atoms with Gasteiger partial charge in [-0.15, -0.1) is 0 Å². The van der Waals surface area contributed by atoms with Crippen LogP contribution < -0.4 is 0 Å². The summed E-state index contributed by atoms with van der Waals surface area (Å²) in [4.78, 5) is 15.0. The third-order valence-electron chi connectivity index (χ3n) is 5.03. The van der Waals surface area contributed by atoms with Gasteiger partial charge in [-0.2, -0.15) is 0 Å². The molecule has 4 heteroatoms. The van der Waals surface area contributed by atoms with Crippen LogP contribution in [0.1, 0.15) is 60.7 Å². The molecule has 1 aromatic carbocycles. The summed E-state index contributed by atoms with van der Waals surface area (Å²) < 4.78 is 5.21. The second-order valence-corrected chi connectivity index (χ2v) is 6.67. The van der Waals surface area contributed by atoms with Gasteiger partial charge < -0.3 is 9.42 Å². The summed E-state index contributed by atoms with van der Waals surface area (Å²) in [5.74, 6) is 1.07. The van der Waals surface area contributed by atoms with Crippen LogP contribution in [-0.4, -0.2) is 22.5 Å². The van der Waals surface area contributed by atoms with Crippen molar-refractivity contribution in [3.8, 4) is 0 Å². The highest BCUT2D eigenvalue weighted by Gasteiger charge is 2.26. The molecule has 4 nitrogen and oxygen atoms in total. The molecule has 0 radical (unpaired) electrons. The number of aromatic nitrogens is 1. The first kappa shape index (κ1) is 16.7. The molecule has 0 N–H and O–H groups in total. The van der Waals surface area contributed by atoms with Crippen molar-refractivity contribution in [1.29, 1.82) is 0 Å². The van der Waals surface area contributed by atoms with Crippen LogP contribution in [0.5, 0.6) is 0 Å². The topological polar surface area (TPSA) is 46.3 Å². The minimum Gasteiger partial charge on any atom is -0.361 e. The highest BCUT2D eigenvalue weighted by Crippen LogP contribution is 2.30. The molecule has 1 aliphatic heterocycles. The monoisotopic (exact) mass is 326 g/mol. The van der Waals surface area contributed by atoms with Gasteiger partial charge in [0.25, 0.3) is 0 Å². The largest absolute Gasteiger partial charge is 0.361 e. The zero-order chi connectivity index (χ0) is 16.9. The van der Waals surface area contributed by atoms with Crippen LogP contribution >= 0.6 is 0 Å². The number of nitrogens with zero attached hydrogens (tertiary/aromatic N) is 2. The van der Waals surface area contributed by atoms with E-state index in [1.54, 1.807) is 0 Å². The van der Waals surface area contributed by atoms with Gasteiger partial charge in [-0.1, -0.05) is 48.3 Å². The number of hydrogen-bond donors (Lipinski definition) is 0. The molecule has 2 aromatic rings. The molecule has 0 aliphatic carbocycles. The Balaban J connectivity index is 1.73. The van der Waals surface area contributed by atoms with Crippen LogP contribution in [0.4, 0.5) is 0 Å². The van der Waals surface area contributed by atoms with E-state index in [1.165, 1.54) is 18.4 Å². The van der Waals surface area contributed by atoms with Crippen molar-refractivity contribution in [2.75, 3.05) is 6.54 Å². The van der Waals surface area contributed by atoms with E-state index in [0.29, 0.717) is 12.8 Å². The SMILES string of the molecule is Cc1noc(C)c1CCC(=O)N1CCCCCC1c1ccccc1. The summed E-state index contributed by atoms with van der Waals surface area (Å²) in [6.07, 6.45) is 5.77. The van der Waals surface area contributed by atoms with Crippen molar-refractivity contribution >= 4 is 5.91 Å². The van der Waals surface area contributed by atoms with Gasteiger partial charge in [0.2, 0.25) is 5.91 Å². The molecule has 1 aliphatic rings. The van der Waals surface area contributed by atoms with Crippen molar-refractivity contribution in [3.05, 3.63) is 52.9 Å². The first-order valence-electron chi connectivity index (χ1n) is 8.93. The second kappa shape index (κ2) is 7.65. The molecule has 1 unspecified atom stereocenters. The molecule has 0 bridgehead atoms. The number of hydrogen-bond acceptors (Lipinski definition) is 3. The van der Waals surface area contributed by atoms with Gasteiger partial charge in [-0.3, -0.25) is 4.79 Å². The maximum absolute atomic E-state index is 12.9. The third-order valence-corrected chi connectivity index (χ3v) is 5.03. The first-order chi connectivity index (χ1) is 11.7. The quantitative estimate of drug-likeness (QED) is 0.838. The fraction of sp³-hybridized carbons (Fsp3) is 0.500. The fourth-order valence-electron chi connectivity index (χ4n) is 3.66. The lowest BCUT2D eigenvalue weighted by Gasteiger charge is -2.30. The minimum atomic E-state index is 0.214. The van der Waals surface area contributed by atoms with E-state index in [2.05, 4.69) is 34.3 Å². The fourth-order valence-corrected chi connectivity index (χ4v) is 3.66. The van der Waals surface area contributed by atoms with E-state index < -0.39 is 0 Å². The highest BCUT2D eigenvalue weighted by molar-refractivity contribution is 5.77. The molecule has 3 rings (SSSR count). The zero-order valence-corrected chi connectivity index (χ0v) is 14.6. The van der Waals surface area contributed by atoms with Crippen molar-refractivity contribution in [1.82, 2.24) is 10.1 Å². The van der Waals surface area contributed by atoms with E-state index in [1.807, 2.05) is 19.9 Å². The van der Waals surface area contributed by atoms with Crippen molar-refractivity contribution < 1.29 is 9.32 Å². The Kier molecular flexibility index (Phi) is 5.34. The second-order valence-electron chi connectivity index (χ2n) is 6.67. The van der Waals surface area contributed by atoms with Gasteiger partial charge >= 0.3 is 0 Å². The average molecular weight is 326 g/mol. The lowest BCUT2D eigenvalue weighted by atomic mass is 10.00. The van der Waals surface area contributed by atoms with Crippen LogP contribution in [0, 0.1) is 13.8 Å². The van der Waals surface area contributed by atoms with E-state index >= 15 is 0 Å². The molecule has 1 fully saturated rings. The first-order valence-corrected chi connectivity index (χ1v) is 8.93. The summed E-state index contributed by atoms with van der Waals surface area (Å²) in [5, 5.41) is 3.98. The van der Waals surface area contributed by atoms with Crippen molar-refractivity contribution in [2.24, 2.45) is 0 Å². The third kappa shape index (κ3) is 3.69. The van der Waals surface area contributed by atoms with E-state index in [0.717, 1.165) is 36.4 Å². The summed E-state index contributed by atoms with van der Waals surface area (Å²) >= 11 is 0. The average Bonchev–Trinajstić information content (AvgIpc) is 2.81. The summed E-state index contributed by atoms with van der Waals surface area (Å²) in [7, 11) is 0. The molecular formula is C20H26N2O2. The predicted molar refractivity (Wildman–Crippen MR) is 93.7 cm³/mol. The van der Waals surface area contributed by atoms with E-state index in [-0.39, 0.29) is 11.9 Å². The molecule has 2 heterocycles. The molecule has 1 aromatic heterocycles. The number of rotatable bonds is 4. The molecule has 128 valence electrons. The number of likely N-dealkylation sites (tertiary alicyclic amines) is 1. The van der Waals surface area contributed by atoms with Crippen LogP contribution in [0.3, 0.4) is 0 Å². The number of carbonyl (C=O) groups excluding carboxylic acids is 1. The molecule has 0 saturated carbocycles. The van der Waals surface area contributed by atoms with Crippen molar-refractivity contribution in [2.45, 2.75) is 58.4 Å². The van der Waals surface area contributed by atoms with Gasteiger partial charge in [0, 0.05) is 18.5 Å². The van der Waals surface area contributed by atoms with Gasteiger partial charge in [0.1, 0.15) is 5.76 Å². The van der Waals surface area contributed by atoms with Crippen LogP contribution in [-0.2, 0) is 11.2 Å². The van der Waals surface area contributed by atoms with Crippen LogP contribution in [0.2, 0.25) is 0 Å². The molecule has 0 spiro atoms. The molecule has 1 atom stereocenters. The summed E-state index contributed by atoms with van der Waals surface area (Å²) in [5.41, 5.74) is 3.23. The van der Waals surface area contributed by atoms with Crippen LogP contribution in [0.25, 0.3) is 0 Å².